The van der Waals surface area contributed by atoms with E-state index in [4.69, 9.17) is 11.6 Å². The molecule has 4 heteroatoms. The van der Waals surface area contributed by atoms with Crippen LogP contribution in [-0.4, -0.2) is 0 Å². The second-order valence-electron chi connectivity index (χ2n) is 7.67. The summed E-state index contributed by atoms with van der Waals surface area (Å²) in [5.74, 6) is 2.99. The Kier molecular flexibility index (Phi) is 6.87. The van der Waals surface area contributed by atoms with Gasteiger partial charge in [-0.05, 0) is 66.1 Å². The lowest BCUT2D eigenvalue weighted by Gasteiger charge is -2.07. The lowest BCUT2D eigenvalue weighted by atomic mass is 9.98. The van der Waals surface area contributed by atoms with E-state index in [1.807, 2.05) is 19.1 Å². The number of aryl methyl sites for hydroxylation is 1. The summed E-state index contributed by atoms with van der Waals surface area (Å²) >= 11 is 5.49. The number of allylic oxidation sites excluding steroid dienone is 2. The highest BCUT2D eigenvalue weighted by Crippen LogP contribution is 2.28. The fourth-order valence-electron chi connectivity index (χ4n) is 3.62. The lowest BCUT2D eigenvalue weighted by Crippen LogP contribution is -1.89. The monoisotopic (exact) mass is 460 g/mol. The highest BCUT2D eigenvalue weighted by atomic mass is 35.5. The van der Waals surface area contributed by atoms with Gasteiger partial charge in [-0.3, -0.25) is 0 Å². The quantitative estimate of drug-likeness (QED) is 0.163. The Morgan fingerprint density at radius 1 is 0.818 bits per heavy atom. The molecule has 0 bridgehead atoms. The summed E-state index contributed by atoms with van der Waals surface area (Å²) in [4.78, 5) is 0. The zero-order valence-corrected chi connectivity index (χ0v) is 18.7. The third-order valence-corrected chi connectivity index (χ3v) is 5.76. The van der Waals surface area contributed by atoms with Crippen LogP contribution >= 0.6 is 11.6 Å². The summed E-state index contributed by atoms with van der Waals surface area (Å²) in [5, 5.41) is 0.592. The summed E-state index contributed by atoms with van der Waals surface area (Å²) in [5.41, 5.74) is 3.55. The van der Waals surface area contributed by atoms with Gasteiger partial charge in [0.05, 0.1) is 5.56 Å². The van der Waals surface area contributed by atoms with Gasteiger partial charge in [-0.1, -0.05) is 78.1 Å². The Labute approximate surface area is 196 Å². The predicted octanol–water partition coefficient (Wildman–Crippen LogP) is 8.49. The topological polar surface area (TPSA) is 0 Å². The molecule has 0 saturated heterocycles. The van der Waals surface area contributed by atoms with Gasteiger partial charge in [0.2, 0.25) is 0 Å². The molecule has 4 aromatic carbocycles. The van der Waals surface area contributed by atoms with E-state index >= 15 is 4.39 Å². The molecular formula is C29H20ClF3. The molecule has 0 aliphatic heterocycles. The van der Waals surface area contributed by atoms with Crippen LogP contribution in [0.4, 0.5) is 13.2 Å². The fraction of sp³-hybridized carbons (Fsp3) is 0.103. The molecule has 0 nitrogen and oxygen atoms in total. The molecule has 0 aliphatic rings. The van der Waals surface area contributed by atoms with Crippen LogP contribution in [0.5, 0.6) is 0 Å². The van der Waals surface area contributed by atoms with Crippen molar-refractivity contribution in [2.75, 3.05) is 0 Å². The average molecular weight is 461 g/mol. The zero-order valence-electron chi connectivity index (χ0n) is 17.9. The Morgan fingerprint density at radius 2 is 1.52 bits per heavy atom. The lowest BCUT2D eigenvalue weighted by molar-refractivity contribution is 0.583. The maximum atomic E-state index is 15.1. The fourth-order valence-corrected chi connectivity index (χ4v) is 3.72. The molecule has 0 heterocycles. The van der Waals surface area contributed by atoms with E-state index < -0.39 is 22.5 Å². The number of benzene rings is 4. The first-order chi connectivity index (χ1) is 16.0. The van der Waals surface area contributed by atoms with E-state index in [1.54, 1.807) is 18.2 Å². The molecule has 33 heavy (non-hydrogen) atoms. The van der Waals surface area contributed by atoms with E-state index in [0.29, 0.717) is 5.39 Å². The second-order valence-corrected chi connectivity index (χ2v) is 8.05. The van der Waals surface area contributed by atoms with Gasteiger partial charge in [-0.25, -0.2) is 13.2 Å². The normalized spacial score (nSPS) is 11.1. The van der Waals surface area contributed by atoms with Crippen LogP contribution in [0.1, 0.15) is 30.0 Å². The van der Waals surface area contributed by atoms with Crippen molar-refractivity contribution in [2.24, 2.45) is 0 Å². The van der Waals surface area contributed by atoms with Crippen molar-refractivity contribution in [3.05, 3.63) is 118 Å². The van der Waals surface area contributed by atoms with Crippen molar-refractivity contribution in [1.29, 1.82) is 0 Å². The van der Waals surface area contributed by atoms with Crippen molar-refractivity contribution in [3.63, 3.8) is 0 Å². The molecule has 0 N–H and O–H groups in total. The van der Waals surface area contributed by atoms with Gasteiger partial charge in [0.15, 0.2) is 0 Å². The minimum atomic E-state index is -0.904. The molecule has 4 rings (SSSR count). The van der Waals surface area contributed by atoms with E-state index in [-0.39, 0.29) is 11.1 Å². The molecule has 0 amide bonds. The Bertz CT molecular complexity index is 1380. The first-order valence-corrected chi connectivity index (χ1v) is 10.9. The zero-order chi connectivity index (χ0) is 23.4. The molecule has 0 fully saturated rings. The average Bonchev–Trinajstić information content (AvgIpc) is 2.82. The second kappa shape index (κ2) is 9.98. The molecule has 0 saturated carbocycles. The van der Waals surface area contributed by atoms with Crippen molar-refractivity contribution < 1.29 is 13.2 Å². The van der Waals surface area contributed by atoms with Crippen LogP contribution in [0, 0.1) is 29.3 Å². The van der Waals surface area contributed by atoms with Crippen molar-refractivity contribution in [2.45, 2.75) is 19.8 Å². The van der Waals surface area contributed by atoms with Gasteiger partial charge >= 0.3 is 0 Å². The minimum absolute atomic E-state index is 0.0819. The van der Waals surface area contributed by atoms with Crippen molar-refractivity contribution in [3.8, 4) is 23.0 Å². The van der Waals surface area contributed by atoms with Crippen LogP contribution in [0.15, 0.2) is 78.9 Å². The van der Waals surface area contributed by atoms with Gasteiger partial charge in [-0.15, -0.1) is 0 Å². The van der Waals surface area contributed by atoms with Gasteiger partial charge in [0, 0.05) is 10.9 Å². The number of hydrogen-bond donors (Lipinski definition) is 0. The third-order valence-electron chi connectivity index (χ3n) is 5.40. The molecule has 4 aromatic rings. The molecule has 0 radical (unpaired) electrons. The summed E-state index contributed by atoms with van der Waals surface area (Å²) in [6.45, 7) is 2.02. The maximum Gasteiger partial charge on any atom is 0.146 e. The number of fused-ring (bicyclic) bond motifs is 1. The molecule has 0 spiro atoms. The Hall–Kier alpha value is -3.48. The van der Waals surface area contributed by atoms with Gasteiger partial charge in [0.1, 0.15) is 22.5 Å². The molecule has 0 atom stereocenters. The number of halogens is 4. The maximum absolute atomic E-state index is 15.1. The van der Waals surface area contributed by atoms with Crippen molar-refractivity contribution in [1.82, 2.24) is 0 Å². The molecular weight excluding hydrogens is 441 g/mol. The Balaban J connectivity index is 1.61. The Morgan fingerprint density at radius 3 is 2.21 bits per heavy atom. The highest BCUT2D eigenvalue weighted by molar-refractivity contribution is 6.30. The first-order valence-electron chi connectivity index (χ1n) is 10.6. The van der Waals surface area contributed by atoms with E-state index in [1.165, 1.54) is 5.56 Å². The summed E-state index contributed by atoms with van der Waals surface area (Å²) in [6, 6.07) is 19.3. The summed E-state index contributed by atoms with van der Waals surface area (Å²) in [7, 11) is 0. The number of rotatable bonds is 4. The third kappa shape index (κ3) is 5.13. The summed E-state index contributed by atoms with van der Waals surface area (Å²) in [6.07, 6.45) is 6.21. The molecule has 0 aromatic heterocycles. The molecule has 0 unspecified atom stereocenters. The molecule has 0 aliphatic carbocycles. The van der Waals surface area contributed by atoms with Crippen molar-refractivity contribution >= 4 is 22.4 Å². The smallest absolute Gasteiger partial charge is 0.146 e. The summed E-state index contributed by atoms with van der Waals surface area (Å²) < 4.78 is 42.3. The molecule has 164 valence electrons. The number of hydrogen-bond acceptors (Lipinski definition) is 0. The van der Waals surface area contributed by atoms with Gasteiger partial charge < -0.3 is 0 Å². The van der Waals surface area contributed by atoms with Crippen LogP contribution in [0.3, 0.4) is 0 Å². The van der Waals surface area contributed by atoms with Crippen LogP contribution in [0.25, 0.3) is 21.9 Å². The van der Waals surface area contributed by atoms with Crippen LogP contribution < -0.4 is 0 Å². The van der Waals surface area contributed by atoms with E-state index in [2.05, 4.69) is 48.3 Å². The first kappa shape index (κ1) is 22.7. The predicted molar refractivity (Wildman–Crippen MR) is 130 cm³/mol. The highest BCUT2D eigenvalue weighted by Gasteiger charge is 2.09. The minimum Gasteiger partial charge on any atom is -0.205 e. The van der Waals surface area contributed by atoms with E-state index in [0.717, 1.165) is 41.5 Å². The standard InChI is InChI=1S/C29H20ClF3/c1-2-3-4-5-19-6-9-21(10-7-19)23-14-15-25-24(18-23)13-12-22(29(25)33)11-8-20-16-26(31)28(30)27(32)17-20/h2-3,6-7,9-10,12-18H,4-5H2,1H3/b3-2+. The van der Waals surface area contributed by atoms with Gasteiger partial charge in [-0.2, -0.15) is 0 Å². The SMILES string of the molecule is C/C=C/CCc1ccc(-c2ccc3c(F)c(C#Cc4cc(F)c(Cl)c(F)c4)ccc3c2)cc1. The van der Waals surface area contributed by atoms with Gasteiger partial charge in [0.25, 0.3) is 0 Å². The largest absolute Gasteiger partial charge is 0.205 e. The van der Waals surface area contributed by atoms with E-state index in [9.17, 15) is 8.78 Å². The van der Waals surface area contributed by atoms with Crippen LogP contribution in [0.2, 0.25) is 5.02 Å². The van der Waals surface area contributed by atoms with Crippen LogP contribution in [-0.2, 0) is 6.42 Å².